The molecule has 6 nitrogen and oxygen atoms in total. The van der Waals surface area contributed by atoms with Gasteiger partial charge < -0.3 is 15.4 Å². The minimum Gasteiger partial charge on any atom is -0.497 e. The number of halogens is 1. The van der Waals surface area contributed by atoms with Crippen LogP contribution in [-0.4, -0.2) is 35.1 Å². The highest BCUT2D eigenvalue weighted by molar-refractivity contribution is 8.00. The molecular formula is C16H21ClN4O2S. The summed E-state index contributed by atoms with van der Waals surface area (Å²) in [5.41, 5.74) is 2.08. The van der Waals surface area contributed by atoms with Crippen LogP contribution in [-0.2, 0) is 24.4 Å². The quantitative estimate of drug-likeness (QED) is 0.761. The summed E-state index contributed by atoms with van der Waals surface area (Å²) in [7, 11) is 1.64. The van der Waals surface area contributed by atoms with Crippen molar-refractivity contribution in [2.45, 2.75) is 24.5 Å². The van der Waals surface area contributed by atoms with Gasteiger partial charge in [0.1, 0.15) is 5.75 Å². The van der Waals surface area contributed by atoms with Crippen molar-refractivity contribution in [3.8, 4) is 5.75 Å². The molecule has 0 aliphatic carbocycles. The Morgan fingerprint density at radius 3 is 3.12 bits per heavy atom. The van der Waals surface area contributed by atoms with Gasteiger partial charge in [0.05, 0.1) is 37.3 Å². The predicted octanol–water partition coefficient (Wildman–Crippen LogP) is 1.83. The number of thioether (sulfide) groups is 1. The highest BCUT2D eigenvalue weighted by Gasteiger charge is 2.12. The molecular weight excluding hydrogens is 348 g/mol. The molecule has 8 heteroatoms. The van der Waals surface area contributed by atoms with Gasteiger partial charge in [-0.2, -0.15) is 5.10 Å². The van der Waals surface area contributed by atoms with Crippen molar-refractivity contribution in [2.75, 3.05) is 19.4 Å². The second-order valence-corrected chi connectivity index (χ2v) is 6.32. The van der Waals surface area contributed by atoms with Crippen LogP contribution in [0.25, 0.3) is 0 Å². The van der Waals surface area contributed by atoms with Crippen LogP contribution in [0, 0.1) is 0 Å². The third-order valence-electron chi connectivity index (χ3n) is 3.60. The fourth-order valence-corrected chi connectivity index (χ4v) is 3.19. The lowest BCUT2D eigenvalue weighted by Gasteiger charge is -2.13. The molecule has 2 aromatic rings. The highest BCUT2D eigenvalue weighted by atomic mass is 35.5. The lowest BCUT2D eigenvalue weighted by atomic mass is 10.3. The number of rotatable bonds is 6. The maximum atomic E-state index is 12.0. The Labute approximate surface area is 151 Å². The van der Waals surface area contributed by atoms with Gasteiger partial charge in [0, 0.05) is 18.0 Å². The number of carbonyl (C=O) groups is 1. The minimum atomic E-state index is 0. The van der Waals surface area contributed by atoms with Crippen LogP contribution in [0.15, 0.2) is 35.2 Å². The Hall–Kier alpha value is -1.70. The number of benzene rings is 1. The van der Waals surface area contributed by atoms with Crippen LogP contribution in [0.3, 0.4) is 0 Å². The molecule has 2 heterocycles. The predicted molar refractivity (Wildman–Crippen MR) is 96.7 cm³/mol. The van der Waals surface area contributed by atoms with E-state index in [1.807, 2.05) is 35.0 Å². The van der Waals surface area contributed by atoms with Crippen LogP contribution in [0.5, 0.6) is 5.75 Å². The first-order valence-corrected chi connectivity index (χ1v) is 8.53. The molecule has 0 saturated heterocycles. The van der Waals surface area contributed by atoms with E-state index in [-0.39, 0.29) is 18.3 Å². The average Bonchev–Trinajstić information content (AvgIpc) is 3.01. The Balaban J connectivity index is 0.00000208. The van der Waals surface area contributed by atoms with Crippen molar-refractivity contribution in [3.05, 3.63) is 41.7 Å². The fraction of sp³-hybridized carbons (Fsp3) is 0.375. The number of nitrogens with zero attached hydrogens (tertiary/aromatic N) is 2. The van der Waals surface area contributed by atoms with Crippen molar-refractivity contribution in [1.29, 1.82) is 0 Å². The molecule has 0 spiro atoms. The smallest absolute Gasteiger partial charge is 0.230 e. The van der Waals surface area contributed by atoms with E-state index >= 15 is 0 Å². The number of methoxy groups -OCH3 is 1. The zero-order valence-electron chi connectivity index (χ0n) is 13.4. The SMILES string of the molecule is COc1cccc(SCC(=O)NCc2cc3n(n2)CCNC3)c1.Cl. The normalized spacial score (nSPS) is 12.9. The molecule has 1 aliphatic heterocycles. The van der Waals surface area contributed by atoms with E-state index in [1.54, 1.807) is 7.11 Å². The van der Waals surface area contributed by atoms with Crippen molar-refractivity contribution in [1.82, 2.24) is 20.4 Å². The lowest BCUT2D eigenvalue weighted by molar-refractivity contribution is -0.118. The first-order valence-electron chi connectivity index (χ1n) is 7.54. The summed E-state index contributed by atoms with van der Waals surface area (Å²) in [6.07, 6.45) is 0. The Morgan fingerprint density at radius 1 is 1.46 bits per heavy atom. The Bertz CT molecular complexity index is 669. The molecule has 1 aromatic heterocycles. The van der Waals surface area contributed by atoms with E-state index in [4.69, 9.17) is 4.74 Å². The summed E-state index contributed by atoms with van der Waals surface area (Å²) in [4.78, 5) is 13.0. The van der Waals surface area contributed by atoms with Gasteiger partial charge in [0.2, 0.25) is 5.91 Å². The third kappa shape index (κ3) is 4.90. The lowest BCUT2D eigenvalue weighted by Crippen LogP contribution is -2.28. The summed E-state index contributed by atoms with van der Waals surface area (Å²) in [6.45, 7) is 3.14. The van der Waals surface area contributed by atoms with Crippen LogP contribution in [0.2, 0.25) is 0 Å². The molecule has 24 heavy (non-hydrogen) atoms. The number of nitrogens with one attached hydrogen (secondary N) is 2. The largest absolute Gasteiger partial charge is 0.497 e. The van der Waals surface area contributed by atoms with Crippen LogP contribution >= 0.6 is 24.2 Å². The summed E-state index contributed by atoms with van der Waals surface area (Å²) in [6, 6.07) is 9.75. The topological polar surface area (TPSA) is 68.2 Å². The fourth-order valence-electron chi connectivity index (χ4n) is 2.42. The van der Waals surface area contributed by atoms with Crippen molar-refractivity contribution in [3.63, 3.8) is 0 Å². The molecule has 1 amide bonds. The molecule has 0 saturated carbocycles. The summed E-state index contributed by atoms with van der Waals surface area (Å²) in [5, 5.41) is 10.7. The Morgan fingerprint density at radius 2 is 2.33 bits per heavy atom. The zero-order chi connectivity index (χ0) is 16.1. The number of amides is 1. The minimum absolute atomic E-state index is 0. The molecule has 3 rings (SSSR count). The summed E-state index contributed by atoms with van der Waals surface area (Å²) in [5.74, 6) is 1.18. The first-order chi connectivity index (χ1) is 11.2. The number of hydrogen-bond donors (Lipinski definition) is 2. The van der Waals surface area contributed by atoms with Crippen molar-refractivity contribution in [2.24, 2.45) is 0 Å². The molecule has 0 atom stereocenters. The highest BCUT2D eigenvalue weighted by Crippen LogP contribution is 2.22. The number of hydrogen-bond acceptors (Lipinski definition) is 5. The van der Waals surface area contributed by atoms with Crippen molar-refractivity contribution < 1.29 is 9.53 Å². The van der Waals surface area contributed by atoms with Gasteiger partial charge in [-0.3, -0.25) is 9.48 Å². The maximum Gasteiger partial charge on any atom is 0.230 e. The van der Waals surface area contributed by atoms with E-state index in [0.717, 1.165) is 36.0 Å². The van der Waals surface area contributed by atoms with Gasteiger partial charge in [-0.15, -0.1) is 24.2 Å². The third-order valence-corrected chi connectivity index (χ3v) is 4.59. The van der Waals surface area contributed by atoms with E-state index in [1.165, 1.54) is 17.5 Å². The standard InChI is InChI=1S/C16H20N4O2S.ClH/c1-22-14-3-2-4-15(8-14)23-11-16(21)18-9-12-7-13-10-17-5-6-20(13)19-12;/h2-4,7-8,17H,5-6,9-11H2,1H3,(H,18,21);1H. The van der Waals surface area contributed by atoms with Crippen LogP contribution in [0.4, 0.5) is 0 Å². The van der Waals surface area contributed by atoms with Gasteiger partial charge in [-0.05, 0) is 24.3 Å². The second-order valence-electron chi connectivity index (χ2n) is 5.27. The van der Waals surface area contributed by atoms with Crippen LogP contribution < -0.4 is 15.4 Å². The average molecular weight is 369 g/mol. The number of fused-ring (bicyclic) bond motifs is 1. The van der Waals surface area contributed by atoms with E-state index in [0.29, 0.717) is 12.3 Å². The molecule has 0 fully saturated rings. The molecule has 130 valence electrons. The molecule has 0 radical (unpaired) electrons. The molecule has 2 N–H and O–H groups in total. The first kappa shape index (κ1) is 18.6. The maximum absolute atomic E-state index is 12.0. The zero-order valence-corrected chi connectivity index (χ0v) is 15.1. The van der Waals surface area contributed by atoms with E-state index < -0.39 is 0 Å². The monoisotopic (exact) mass is 368 g/mol. The Kier molecular flexibility index (Phi) is 6.96. The molecule has 1 aliphatic rings. The summed E-state index contributed by atoms with van der Waals surface area (Å²) < 4.78 is 7.18. The van der Waals surface area contributed by atoms with Gasteiger partial charge in [-0.1, -0.05) is 6.07 Å². The second kappa shape index (κ2) is 8.96. The van der Waals surface area contributed by atoms with Gasteiger partial charge in [0.25, 0.3) is 0 Å². The molecule has 0 unspecified atom stereocenters. The number of carbonyl (C=O) groups excluding carboxylic acids is 1. The van der Waals surface area contributed by atoms with Gasteiger partial charge in [-0.25, -0.2) is 0 Å². The van der Waals surface area contributed by atoms with Gasteiger partial charge in [0.15, 0.2) is 0 Å². The van der Waals surface area contributed by atoms with Gasteiger partial charge >= 0.3 is 0 Å². The van der Waals surface area contributed by atoms with Crippen molar-refractivity contribution >= 4 is 30.1 Å². The molecule has 1 aromatic carbocycles. The van der Waals surface area contributed by atoms with Crippen LogP contribution in [0.1, 0.15) is 11.4 Å². The summed E-state index contributed by atoms with van der Waals surface area (Å²) >= 11 is 1.49. The molecule has 0 bridgehead atoms. The number of ether oxygens (including phenoxy) is 1. The number of aromatic nitrogens is 2. The van der Waals surface area contributed by atoms with E-state index in [9.17, 15) is 4.79 Å². The van der Waals surface area contributed by atoms with E-state index in [2.05, 4.69) is 15.7 Å².